The quantitative estimate of drug-likeness (QED) is 0.716. The van der Waals surface area contributed by atoms with E-state index < -0.39 is 5.79 Å². The monoisotopic (exact) mass is 209 g/mol. The van der Waals surface area contributed by atoms with Crippen LogP contribution < -0.4 is 5.32 Å². The standard InChI is InChI=1S/C9H19NO2.ClH/c1-9(11-2,12-3)8-6-4-5-7-10-8;/h8,10H,4-7H2,1-3H3;1H. The van der Waals surface area contributed by atoms with Crippen LogP contribution in [0.4, 0.5) is 0 Å². The lowest BCUT2D eigenvalue weighted by Gasteiger charge is -2.37. The predicted octanol–water partition coefficient (Wildman–Crippen LogP) is 1.56. The van der Waals surface area contributed by atoms with Crippen LogP contribution in [0.5, 0.6) is 0 Å². The lowest BCUT2D eigenvalue weighted by molar-refractivity contribution is -0.215. The average Bonchev–Trinajstić information content (AvgIpc) is 2.18. The molecule has 0 aromatic rings. The molecule has 1 heterocycles. The molecule has 0 saturated carbocycles. The molecule has 1 unspecified atom stereocenters. The summed E-state index contributed by atoms with van der Waals surface area (Å²) in [5.74, 6) is -0.458. The van der Waals surface area contributed by atoms with Crippen molar-refractivity contribution in [1.29, 1.82) is 0 Å². The van der Waals surface area contributed by atoms with Crippen LogP contribution in [-0.2, 0) is 9.47 Å². The van der Waals surface area contributed by atoms with Crippen molar-refractivity contribution in [2.24, 2.45) is 0 Å². The van der Waals surface area contributed by atoms with Gasteiger partial charge in [0.25, 0.3) is 0 Å². The summed E-state index contributed by atoms with van der Waals surface area (Å²) in [7, 11) is 3.39. The van der Waals surface area contributed by atoms with Gasteiger partial charge in [-0.1, -0.05) is 6.42 Å². The number of rotatable bonds is 3. The first-order valence-electron chi connectivity index (χ1n) is 4.56. The summed E-state index contributed by atoms with van der Waals surface area (Å²) in [5, 5.41) is 3.41. The molecule has 1 saturated heterocycles. The fourth-order valence-electron chi connectivity index (χ4n) is 1.67. The highest BCUT2D eigenvalue weighted by atomic mass is 35.5. The Kier molecular flexibility index (Phi) is 5.88. The summed E-state index contributed by atoms with van der Waals surface area (Å²) in [6.07, 6.45) is 3.66. The third-order valence-electron chi connectivity index (χ3n) is 2.75. The minimum atomic E-state index is -0.458. The minimum absolute atomic E-state index is 0. The highest BCUT2D eigenvalue weighted by Gasteiger charge is 2.34. The van der Waals surface area contributed by atoms with E-state index in [1.54, 1.807) is 14.2 Å². The maximum absolute atomic E-state index is 5.34. The number of halogens is 1. The second-order valence-electron chi connectivity index (χ2n) is 3.43. The van der Waals surface area contributed by atoms with Gasteiger partial charge in [-0.3, -0.25) is 0 Å². The number of nitrogens with one attached hydrogen (secondary N) is 1. The highest BCUT2D eigenvalue weighted by Crippen LogP contribution is 2.22. The maximum Gasteiger partial charge on any atom is 0.180 e. The van der Waals surface area contributed by atoms with Gasteiger partial charge < -0.3 is 14.8 Å². The van der Waals surface area contributed by atoms with E-state index in [0.29, 0.717) is 6.04 Å². The van der Waals surface area contributed by atoms with E-state index in [1.807, 2.05) is 6.92 Å². The first-order valence-corrected chi connectivity index (χ1v) is 4.56. The molecule has 0 spiro atoms. The normalized spacial score (nSPS) is 23.8. The molecule has 0 aromatic carbocycles. The van der Waals surface area contributed by atoms with Gasteiger partial charge in [-0.15, -0.1) is 12.4 Å². The number of hydrogen-bond acceptors (Lipinski definition) is 3. The van der Waals surface area contributed by atoms with Crippen molar-refractivity contribution in [2.45, 2.75) is 38.0 Å². The molecule has 80 valence electrons. The molecule has 13 heavy (non-hydrogen) atoms. The van der Waals surface area contributed by atoms with Crippen molar-refractivity contribution in [3.8, 4) is 0 Å². The molecule has 1 aliphatic rings. The Morgan fingerprint density at radius 2 is 1.85 bits per heavy atom. The third kappa shape index (κ3) is 3.09. The lowest BCUT2D eigenvalue weighted by Crippen LogP contribution is -2.53. The predicted molar refractivity (Wildman–Crippen MR) is 55.3 cm³/mol. The van der Waals surface area contributed by atoms with Crippen LogP contribution >= 0.6 is 12.4 Å². The van der Waals surface area contributed by atoms with Crippen molar-refractivity contribution in [1.82, 2.24) is 5.32 Å². The summed E-state index contributed by atoms with van der Waals surface area (Å²) < 4.78 is 10.7. The summed E-state index contributed by atoms with van der Waals surface area (Å²) in [6.45, 7) is 3.06. The number of hydrogen-bond donors (Lipinski definition) is 1. The van der Waals surface area contributed by atoms with Crippen molar-refractivity contribution in [3.63, 3.8) is 0 Å². The summed E-state index contributed by atoms with van der Waals surface area (Å²) in [4.78, 5) is 0. The van der Waals surface area contributed by atoms with Crippen LogP contribution in [0.2, 0.25) is 0 Å². The van der Waals surface area contributed by atoms with Crippen LogP contribution in [0.3, 0.4) is 0 Å². The Hall–Kier alpha value is 0.170. The van der Waals surface area contributed by atoms with E-state index in [-0.39, 0.29) is 12.4 Å². The SMILES string of the molecule is COC(C)(OC)C1CCCCN1.Cl. The molecular formula is C9H20ClNO2. The Morgan fingerprint density at radius 1 is 1.23 bits per heavy atom. The number of ether oxygens (including phenoxy) is 2. The second-order valence-corrected chi connectivity index (χ2v) is 3.43. The van der Waals surface area contributed by atoms with Crippen molar-refractivity contribution in [2.75, 3.05) is 20.8 Å². The van der Waals surface area contributed by atoms with Crippen LogP contribution in [-0.4, -0.2) is 32.6 Å². The van der Waals surface area contributed by atoms with Crippen molar-refractivity contribution < 1.29 is 9.47 Å². The molecule has 4 heteroatoms. The fraction of sp³-hybridized carbons (Fsp3) is 1.00. The zero-order valence-corrected chi connectivity index (χ0v) is 9.45. The molecule has 0 bridgehead atoms. The molecular weight excluding hydrogens is 190 g/mol. The molecule has 0 radical (unpaired) electrons. The first-order chi connectivity index (χ1) is 5.73. The van der Waals surface area contributed by atoms with E-state index in [9.17, 15) is 0 Å². The third-order valence-corrected chi connectivity index (χ3v) is 2.75. The van der Waals surface area contributed by atoms with Gasteiger partial charge in [0, 0.05) is 14.2 Å². The molecule has 1 atom stereocenters. The van der Waals surface area contributed by atoms with Gasteiger partial charge in [-0.05, 0) is 26.3 Å². The number of methoxy groups -OCH3 is 2. The van der Waals surface area contributed by atoms with Gasteiger partial charge >= 0.3 is 0 Å². The van der Waals surface area contributed by atoms with Crippen LogP contribution in [0.15, 0.2) is 0 Å². The molecule has 1 fully saturated rings. The largest absolute Gasteiger partial charge is 0.352 e. The molecule has 1 rings (SSSR count). The van der Waals surface area contributed by atoms with Gasteiger partial charge in [0.1, 0.15) is 0 Å². The lowest BCUT2D eigenvalue weighted by atomic mass is 9.98. The van der Waals surface area contributed by atoms with Crippen molar-refractivity contribution >= 4 is 12.4 Å². The Balaban J connectivity index is 0.00000144. The zero-order chi connectivity index (χ0) is 9.03. The molecule has 1 aliphatic heterocycles. The van der Waals surface area contributed by atoms with Crippen LogP contribution in [0.25, 0.3) is 0 Å². The zero-order valence-electron chi connectivity index (χ0n) is 8.63. The Morgan fingerprint density at radius 3 is 2.23 bits per heavy atom. The van der Waals surface area contributed by atoms with E-state index in [1.165, 1.54) is 12.8 Å². The topological polar surface area (TPSA) is 30.5 Å². The highest BCUT2D eigenvalue weighted by molar-refractivity contribution is 5.85. The van der Waals surface area contributed by atoms with E-state index in [2.05, 4.69) is 5.32 Å². The molecule has 0 aromatic heterocycles. The van der Waals surface area contributed by atoms with Gasteiger partial charge in [-0.2, -0.15) is 0 Å². The van der Waals surface area contributed by atoms with Crippen LogP contribution in [0, 0.1) is 0 Å². The van der Waals surface area contributed by atoms with E-state index >= 15 is 0 Å². The fourth-order valence-corrected chi connectivity index (χ4v) is 1.67. The summed E-state index contributed by atoms with van der Waals surface area (Å²) in [5.41, 5.74) is 0. The minimum Gasteiger partial charge on any atom is -0.352 e. The Labute approximate surface area is 86.6 Å². The molecule has 3 nitrogen and oxygen atoms in total. The average molecular weight is 210 g/mol. The van der Waals surface area contributed by atoms with Crippen LogP contribution in [0.1, 0.15) is 26.2 Å². The van der Waals surface area contributed by atoms with E-state index in [4.69, 9.17) is 9.47 Å². The number of piperidine rings is 1. The second kappa shape index (κ2) is 5.81. The smallest absolute Gasteiger partial charge is 0.180 e. The maximum atomic E-state index is 5.34. The molecule has 1 N–H and O–H groups in total. The molecule has 0 amide bonds. The molecule has 0 aliphatic carbocycles. The summed E-state index contributed by atoms with van der Waals surface area (Å²) in [6, 6.07) is 0.334. The van der Waals surface area contributed by atoms with Gasteiger partial charge in [0.15, 0.2) is 5.79 Å². The Bertz CT molecular complexity index is 134. The first kappa shape index (κ1) is 13.2. The van der Waals surface area contributed by atoms with Gasteiger partial charge in [-0.25, -0.2) is 0 Å². The van der Waals surface area contributed by atoms with E-state index in [0.717, 1.165) is 13.0 Å². The van der Waals surface area contributed by atoms with Gasteiger partial charge in [0.05, 0.1) is 6.04 Å². The van der Waals surface area contributed by atoms with Gasteiger partial charge in [0.2, 0.25) is 0 Å². The van der Waals surface area contributed by atoms with Crippen molar-refractivity contribution in [3.05, 3.63) is 0 Å². The summed E-state index contributed by atoms with van der Waals surface area (Å²) >= 11 is 0.